The Morgan fingerprint density at radius 3 is 2.39 bits per heavy atom. The lowest BCUT2D eigenvalue weighted by Crippen LogP contribution is -2.32. The van der Waals surface area contributed by atoms with Crippen molar-refractivity contribution in [2.45, 2.75) is 19.6 Å². The molecule has 0 saturated carbocycles. The molecule has 0 atom stereocenters. The average molecular weight is 271 g/mol. The first kappa shape index (κ1) is 14.7. The van der Waals surface area contributed by atoms with E-state index in [1.165, 1.54) is 7.05 Å². The number of nitrogens with zero attached hydrogens (tertiary/aromatic N) is 1. The van der Waals surface area contributed by atoms with Crippen LogP contribution in [0.3, 0.4) is 0 Å². The highest BCUT2D eigenvalue weighted by atomic mass is 32.2. The lowest BCUT2D eigenvalue weighted by Gasteiger charge is -2.15. The van der Waals surface area contributed by atoms with Gasteiger partial charge in [0.05, 0.1) is 5.75 Å². The van der Waals surface area contributed by atoms with E-state index < -0.39 is 22.5 Å². The largest absolute Gasteiger partial charge is 0.480 e. The van der Waals surface area contributed by atoms with Crippen molar-refractivity contribution in [3.05, 3.63) is 34.9 Å². The number of aliphatic carboxylic acids is 1. The van der Waals surface area contributed by atoms with Crippen LogP contribution in [0.2, 0.25) is 0 Å². The molecular formula is C12H17NO4S. The second-order valence-electron chi connectivity index (χ2n) is 4.32. The van der Waals surface area contributed by atoms with Crippen LogP contribution in [0.4, 0.5) is 0 Å². The van der Waals surface area contributed by atoms with Crippen LogP contribution < -0.4 is 0 Å². The summed E-state index contributed by atoms with van der Waals surface area (Å²) in [6.45, 7) is 3.34. The fourth-order valence-corrected chi connectivity index (χ4v) is 2.63. The highest BCUT2D eigenvalue weighted by Crippen LogP contribution is 2.14. The lowest BCUT2D eigenvalue weighted by atomic mass is 10.1. The minimum atomic E-state index is -3.59. The van der Waals surface area contributed by atoms with Crippen LogP contribution in [0.25, 0.3) is 0 Å². The highest BCUT2D eigenvalue weighted by Gasteiger charge is 2.20. The van der Waals surface area contributed by atoms with E-state index in [1.807, 2.05) is 26.0 Å². The minimum Gasteiger partial charge on any atom is -0.480 e. The number of benzene rings is 1. The molecule has 0 fully saturated rings. The number of carbonyl (C=O) groups is 1. The standard InChI is InChI=1S/C12H17NO4S/c1-9-4-5-11(6-10(9)2)8-18(16,17)13(3)7-12(14)15/h4-6H,7-8H2,1-3H3,(H,14,15). The Morgan fingerprint density at radius 1 is 1.28 bits per heavy atom. The molecule has 0 spiro atoms. The average Bonchev–Trinajstić information content (AvgIpc) is 2.22. The van der Waals surface area contributed by atoms with Gasteiger partial charge < -0.3 is 5.11 Å². The summed E-state index contributed by atoms with van der Waals surface area (Å²) in [5, 5.41) is 8.59. The zero-order valence-corrected chi connectivity index (χ0v) is 11.5. The number of hydrogen-bond donors (Lipinski definition) is 1. The smallest absolute Gasteiger partial charge is 0.318 e. The predicted molar refractivity (Wildman–Crippen MR) is 68.8 cm³/mol. The van der Waals surface area contributed by atoms with Gasteiger partial charge in [0.1, 0.15) is 6.54 Å². The first-order valence-corrected chi connectivity index (χ1v) is 7.05. The molecule has 5 nitrogen and oxygen atoms in total. The second-order valence-corrected chi connectivity index (χ2v) is 6.40. The number of carboxylic acid groups (broad SMARTS) is 1. The maximum absolute atomic E-state index is 11.9. The van der Waals surface area contributed by atoms with Gasteiger partial charge in [-0.1, -0.05) is 18.2 Å². The van der Waals surface area contributed by atoms with E-state index in [-0.39, 0.29) is 5.75 Å². The van der Waals surface area contributed by atoms with Crippen LogP contribution in [0, 0.1) is 13.8 Å². The van der Waals surface area contributed by atoms with E-state index in [1.54, 1.807) is 6.07 Å². The monoisotopic (exact) mass is 271 g/mol. The summed E-state index contributed by atoms with van der Waals surface area (Å²) in [6.07, 6.45) is 0. The Hall–Kier alpha value is -1.40. The summed E-state index contributed by atoms with van der Waals surface area (Å²) in [4.78, 5) is 10.5. The molecule has 0 radical (unpaired) electrons. The third kappa shape index (κ3) is 3.82. The third-order valence-corrected chi connectivity index (χ3v) is 4.53. The fraction of sp³-hybridized carbons (Fsp3) is 0.417. The van der Waals surface area contributed by atoms with Crippen LogP contribution >= 0.6 is 0 Å². The zero-order chi connectivity index (χ0) is 13.9. The normalized spacial score (nSPS) is 11.8. The van der Waals surface area contributed by atoms with E-state index in [9.17, 15) is 13.2 Å². The molecule has 0 bridgehead atoms. The van der Waals surface area contributed by atoms with E-state index in [4.69, 9.17) is 5.11 Å². The van der Waals surface area contributed by atoms with Crippen molar-refractivity contribution >= 4 is 16.0 Å². The van der Waals surface area contributed by atoms with E-state index in [0.29, 0.717) is 5.56 Å². The molecule has 0 heterocycles. The summed E-state index contributed by atoms with van der Waals surface area (Å²) < 4.78 is 24.6. The molecule has 0 aromatic heterocycles. The third-order valence-electron chi connectivity index (χ3n) is 2.75. The molecule has 0 amide bonds. The highest BCUT2D eigenvalue weighted by molar-refractivity contribution is 7.88. The maximum Gasteiger partial charge on any atom is 0.318 e. The molecule has 1 aromatic carbocycles. The lowest BCUT2D eigenvalue weighted by molar-refractivity contribution is -0.137. The van der Waals surface area contributed by atoms with Crippen molar-refractivity contribution in [3.8, 4) is 0 Å². The Balaban J connectivity index is 2.88. The molecule has 0 saturated heterocycles. The van der Waals surface area contributed by atoms with E-state index in [0.717, 1.165) is 15.4 Å². The van der Waals surface area contributed by atoms with Gasteiger partial charge in [-0.3, -0.25) is 4.79 Å². The Bertz CT molecular complexity index is 551. The van der Waals surface area contributed by atoms with E-state index >= 15 is 0 Å². The van der Waals surface area contributed by atoms with Crippen molar-refractivity contribution in [3.63, 3.8) is 0 Å². The van der Waals surface area contributed by atoms with Gasteiger partial charge in [0.2, 0.25) is 10.0 Å². The van der Waals surface area contributed by atoms with Crippen LogP contribution in [0.15, 0.2) is 18.2 Å². The summed E-state index contributed by atoms with van der Waals surface area (Å²) in [5.41, 5.74) is 2.77. The van der Waals surface area contributed by atoms with Gasteiger partial charge in [0.25, 0.3) is 0 Å². The maximum atomic E-state index is 11.9. The molecular weight excluding hydrogens is 254 g/mol. The Kier molecular flexibility index (Phi) is 4.48. The number of carboxylic acids is 1. The quantitative estimate of drug-likeness (QED) is 0.871. The number of hydrogen-bond acceptors (Lipinski definition) is 3. The molecule has 1 rings (SSSR count). The number of sulfonamides is 1. The topological polar surface area (TPSA) is 74.7 Å². The fourth-order valence-electron chi connectivity index (χ4n) is 1.50. The van der Waals surface area contributed by atoms with Crippen molar-refractivity contribution in [1.82, 2.24) is 4.31 Å². The number of aryl methyl sites for hydroxylation is 2. The van der Waals surface area contributed by atoms with Gasteiger partial charge in [0.15, 0.2) is 0 Å². The molecule has 1 N–H and O–H groups in total. The van der Waals surface area contributed by atoms with Crippen LogP contribution in [-0.2, 0) is 20.6 Å². The Labute approximate surface area is 107 Å². The summed E-state index contributed by atoms with van der Waals surface area (Å²) in [6, 6.07) is 5.41. The van der Waals surface area contributed by atoms with Crippen LogP contribution in [-0.4, -0.2) is 37.4 Å². The first-order chi connectivity index (χ1) is 8.22. The van der Waals surface area contributed by atoms with Gasteiger partial charge in [-0.2, -0.15) is 4.31 Å². The minimum absolute atomic E-state index is 0.183. The van der Waals surface area contributed by atoms with Crippen molar-refractivity contribution in [2.75, 3.05) is 13.6 Å². The number of likely N-dealkylation sites (N-methyl/N-ethyl adjacent to an activating group) is 1. The second kappa shape index (κ2) is 5.49. The molecule has 0 unspecified atom stereocenters. The van der Waals surface area contributed by atoms with Crippen molar-refractivity contribution in [1.29, 1.82) is 0 Å². The first-order valence-electron chi connectivity index (χ1n) is 5.44. The van der Waals surface area contributed by atoms with Crippen molar-refractivity contribution < 1.29 is 18.3 Å². The molecule has 0 aliphatic heterocycles. The van der Waals surface area contributed by atoms with Gasteiger partial charge in [-0.15, -0.1) is 0 Å². The van der Waals surface area contributed by atoms with Gasteiger partial charge in [-0.25, -0.2) is 8.42 Å². The Morgan fingerprint density at radius 2 is 1.89 bits per heavy atom. The van der Waals surface area contributed by atoms with Crippen molar-refractivity contribution in [2.24, 2.45) is 0 Å². The number of rotatable bonds is 5. The van der Waals surface area contributed by atoms with Crippen LogP contribution in [0.5, 0.6) is 0 Å². The molecule has 18 heavy (non-hydrogen) atoms. The van der Waals surface area contributed by atoms with Crippen LogP contribution in [0.1, 0.15) is 16.7 Å². The molecule has 100 valence electrons. The molecule has 1 aromatic rings. The summed E-state index contributed by atoms with van der Waals surface area (Å²) >= 11 is 0. The molecule has 0 aliphatic carbocycles. The molecule has 0 aliphatic rings. The summed E-state index contributed by atoms with van der Waals surface area (Å²) in [5.74, 6) is -1.35. The van der Waals surface area contributed by atoms with Gasteiger partial charge in [0, 0.05) is 7.05 Å². The zero-order valence-electron chi connectivity index (χ0n) is 10.7. The SMILES string of the molecule is Cc1ccc(CS(=O)(=O)N(C)CC(=O)O)cc1C. The van der Waals surface area contributed by atoms with Gasteiger partial charge in [-0.05, 0) is 30.5 Å². The predicted octanol–water partition coefficient (Wildman–Crippen LogP) is 1.15. The summed E-state index contributed by atoms with van der Waals surface area (Å²) in [7, 11) is -2.32. The van der Waals surface area contributed by atoms with Gasteiger partial charge >= 0.3 is 5.97 Å². The van der Waals surface area contributed by atoms with E-state index in [2.05, 4.69) is 0 Å². The molecule has 6 heteroatoms.